The Labute approximate surface area is 191 Å². The molecule has 3 heterocycles. The number of nitrogens with zero attached hydrogens (tertiary/aromatic N) is 2. The number of rotatable bonds is 4. The summed E-state index contributed by atoms with van der Waals surface area (Å²) in [7, 11) is 0. The van der Waals surface area contributed by atoms with Crippen LogP contribution in [-0.4, -0.2) is 46.2 Å². The number of aromatic nitrogens is 1. The summed E-state index contributed by atoms with van der Waals surface area (Å²) in [5, 5.41) is 18.2. The number of para-hydroxylation sites is 2. The Hall–Kier alpha value is -3.65. The molecule has 8 nitrogen and oxygen atoms in total. The number of ether oxygens (including phenoxy) is 1. The minimum absolute atomic E-state index is 0.0132. The van der Waals surface area contributed by atoms with Gasteiger partial charge in [0.1, 0.15) is 5.75 Å². The zero-order chi connectivity index (χ0) is 23.0. The minimum Gasteiger partial charge on any atom is -0.505 e. The highest BCUT2D eigenvalue weighted by Crippen LogP contribution is 2.40. The molecule has 0 saturated carbocycles. The van der Waals surface area contributed by atoms with Crippen molar-refractivity contribution in [2.45, 2.75) is 37.8 Å². The SMILES string of the molecule is C[C@@]1(c2cccc(Nc3cnc4ccccc4c3)c2O)CC(=O)N(C2CCOCC2)C(=O)N1. The van der Waals surface area contributed by atoms with Gasteiger partial charge in [-0.2, -0.15) is 0 Å². The maximum Gasteiger partial charge on any atom is 0.325 e. The van der Waals surface area contributed by atoms with E-state index in [1.54, 1.807) is 31.3 Å². The molecule has 3 N–H and O–H groups in total. The number of pyridine rings is 1. The lowest BCUT2D eigenvalue weighted by atomic mass is 9.85. The van der Waals surface area contributed by atoms with Crippen LogP contribution < -0.4 is 10.6 Å². The van der Waals surface area contributed by atoms with Crippen LogP contribution >= 0.6 is 0 Å². The van der Waals surface area contributed by atoms with Gasteiger partial charge in [0.2, 0.25) is 5.91 Å². The lowest BCUT2D eigenvalue weighted by molar-refractivity contribution is -0.135. The summed E-state index contributed by atoms with van der Waals surface area (Å²) in [5.74, 6) is -0.259. The first-order chi connectivity index (χ1) is 15.9. The van der Waals surface area contributed by atoms with Crippen molar-refractivity contribution >= 4 is 34.2 Å². The molecule has 170 valence electrons. The first-order valence-electron chi connectivity index (χ1n) is 11.1. The molecule has 33 heavy (non-hydrogen) atoms. The van der Waals surface area contributed by atoms with Crippen LogP contribution in [0.25, 0.3) is 10.9 Å². The van der Waals surface area contributed by atoms with Crippen LogP contribution in [0.5, 0.6) is 5.75 Å². The largest absolute Gasteiger partial charge is 0.505 e. The number of urea groups is 1. The molecule has 5 rings (SSSR count). The van der Waals surface area contributed by atoms with Crippen molar-refractivity contribution in [3.8, 4) is 5.75 Å². The number of amides is 3. The molecule has 2 aliphatic heterocycles. The highest BCUT2D eigenvalue weighted by molar-refractivity contribution is 5.99. The first-order valence-corrected chi connectivity index (χ1v) is 11.1. The van der Waals surface area contributed by atoms with Crippen molar-refractivity contribution in [2.24, 2.45) is 0 Å². The predicted octanol–water partition coefficient (Wildman–Crippen LogP) is 4.02. The highest BCUT2D eigenvalue weighted by atomic mass is 16.5. The molecule has 2 saturated heterocycles. The molecule has 2 aliphatic rings. The number of carbonyl (C=O) groups is 2. The maximum absolute atomic E-state index is 13.0. The second-order valence-electron chi connectivity index (χ2n) is 8.79. The lowest BCUT2D eigenvalue weighted by Crippen LogP contribution is -2.62. The summed E-state index contributed by atoms with van der Waals surface area (Å²) in [6, 6.07) is 14.4. The molecule has 0 unspecified atom stereocenters. The van der Waals surface area contributed by atoms with Gasteiger partial charge in [0.25, 0.3) is 0 Å². The number of nitrogens with one attached hydrogen (secondary N) is 2. The molecular weight excluding hydrogens is 420 g/mol. The summed E-state index contributed by atoms with van der Waals surface area (Å²) < 4.78 is 5.36. The van der Waals surface area contributed by atoms with Crippen LogP contribution in [0.1, 0.15) is 31.7 Å². The Morgan fingerprint density at radius 1 is 1.15 bits per heavy atom. The van der Waals surface area contributed by atoms with E-state index in [1.807, 2.05) is 30.3 Å². The molecule has 3 amide bonds. The number of fused-ring (bicyclic) bond motifs is 1. The van der Waals surface area contributed by atoms with Crippen LogP contribution in [0.3, 0.4) is 0 Å². The van der Waals surface area contributed by atoms with Crippen LogP contribution in [0, 0.1) is 0 Å². The van der Waals surface area contributed by atoms with E-state index in [4.69, 9.17) is 4.74 Å². The number of carbonyl (C=O) groups excluding carboxylic acids is 2. The average molecular weight is 447 g/mol. The molecule has 8 heteroatoms. The number of phenolic OH excluding ortho intramolecular Hbond substituents is 1. The Balaban J connectivity index is 1.41. The topological polar surface area (TPSA) is 104 Å². The Morgan fingerprint density at radius 3 is 2.73 bits per heavy atom. The molecule has 0 radical (unpaired) electrons. The molecular formula is C25H26N4O4. The highest BCUT2D eigenvalue weighted by Gasteiger charge is 2.45. The van der Waals surface area contributed by atoms with Gasteiger partial charge in [-0.15, -0.1) is 0 Å². The van der Waals surface area contributed by atoms with E-state index in [0.717, 1.165) is 16.6 Å². The number of aromatic hydroxyl groups is 1. The summed E-state index contributed by atoms with van der Waals surface area (Å²) >= 11 is 0. The third-order valence-electron chi connectivity index (χ3n) is 6.43. The van der Waals surface area contributed by atoms with Crippen molar-refractivity contribution < 1.29 is 19.4 Å². The maximum atomic E-state index is 13.0. The van der Waals surface area contributed by atoms with Gasteiger partial charge in [-0.1, -0.05) is 30.3 Å². The molecule has 1 atom stereocenters. The fourth-order valence-corrected chi connectivity index (χ4v) is 4.70. The van der Waals surface area contributed by atoms with Gasteiger partial charge in [-0.05, 0) is 38.0 Å². The van der Waals surface area contributed by atoms with Crippen LogP contribution in [0.4, 0.5) is 16.2 Å². The Bertz CT molecular complexity index is 1200. The summed E-state index contributed by atoms with van der Waals surface area (Å²) in [6.45, 7) is 2.84. The van der Waals surface area contributed by atoms with Gasteiger partial charge in [0.15, 0.2) is 0 Å². The van der Waals surface area contributed by atoms with Crippen LogP contribution in [0.2, 0.25) is 0 Å². The van der Waals surface area contributed by atoms with E-state index in [1.165, 1.54) is 4.90 Å². The molecule has 0 bridgehead atoms. The number of benzene rings is 2. The zero-order valence-electron chi connectivity index (χ0n) is 18.4. The van der Waals surface area contributed by atoms with E-state index in [9.17, 15) is 14.7 Å². The minimum atomic E-state index is -1.03. The van der Waals surface area contributed by atoms with Crippen LogP contribution in [-0.2, 0) is 15.1 Å². The van der Waals surface area contributed by atoms with Crippen molar-refractivity contribution in [1.82, 2.24) is 15.2 Å². The second kappa shape index (κ2) is 8.37. The van der Waals surface area contributed by atoms with Crippen LogP contribution in [0.15, 0.2) is 54.7 Å². The molecule has 0 spiro atoms. The number of phenols is 1. The van der Waals surface area contributed by atoms with E-state index < -0.39 is 11.6 Å². The van der Waals surface area contributed by atoms with Gasteiger partial charge in [0.05, 0.1) is 35.0 Å². The van der Waals surface area contributed by atoms with Crippen molar-refractivity contribution in [3.63, 3.8) is 0 Å². The van der Waals surface area contributed by atoms with Crippen molar-refractivity contribution in [3.05, 3.63) is 60.3 Å². The number of hydrogen-bond acceptors (Lipinski definition) is 6. The summed E-state index contributed by atoms with van der Waals surface area (Å²) in [4.78, 5) is 31.7. The Kier molecular flexibility index (Phi) is 5.38. The number of hydrogen-bond donors (Lipinski definition) is 3. The monoisotopic (exact) mass is 446 g/mol. The molecule has 0 aliphatic carbocycles. The molecule has 1 aromatic heterocycles. The van der Waals surface area contributed by atoms with Crippen molar-refractivity contribution in [2.75, 3.05) is 18.5 Å². The predicted molar refractivity (Wildman–Crippen MR) is 124 cm³/mol. The summed E-state index contributed by atoms with van der Waals surface area (Å²) in [6.07, 6.45) is 3.04. The van der Waals surface area contributed by atoms with E-state index in [2.05, 4.69) is 15.6 Å². The molecule has 3 aromatic rings. The van der Waals surface area contributed by atoms with Gasteiger partial charge in [-0.3, -0.25) is 14.7 Å². The second-order valence-corrected chi connectivity index (χ2v) is 8.79. The molecule has 2 aromatic carbocycles. The smallest absolute Gasteiger partial charge is 0.325 e. The lowest BCUT2D eigenvalue weighted by Gasteiger charge is -2.43. The zero-order valence-corrected chi connectivity index (χ0v) is 18.4. The third-order valence-corrected chi connectivity index (χ3v) is 6.43. The first kappa shape index (κ1) is 21.2. The normalized spacial score (nSPS) is 21.8. The average Bonchev–Trinajstić information content (AvgIpc) is 2.80. The Morgan fingerprint density at radius 2 is 1.94 bits per heavy atom. The van der Waals surface area contributed by atoms with Gasteiger partial charge in [0, 0.05) is 30.2 Å². The third kappa shape index (κ3) is 3.98. The summed E-state index contributed by atoms with van der Waals surface area (Å²) in [5.41, 5.74) is 1.53. The van der Waals surface area contributed by atoms with E-state index in [0.29, 0.717) is 37.3 Å². The standard InChI is InChI=1S/C25H26N4O4/c1-25(14-22(30)29(24(32)28-25)18-9-11-33-12-10-18)19-6-4-8-21(23(19)31)27-17-13-16-5-2-3-7-20(16)26-15-17/h2-8,13,15,18,27,31H,9-12,14H2,1H3,(H,28,32)/t25-/m0/s1. The van der Waals surface area contributed by atoms with Gasteiger partial charge < -0.3 is 20.5 Å². The fourth-order valence-electron chi connectivity index (χ4n) is 4.70. The molecule has 2 fully saturated rings. The van der Waals surface area contributed by atoms with E-state index >= 15 is 0 Å². The van der Waals surface area contributed by atoms with E-state index in [-0.39, 0.29) is 24.1 Å². The van der Waals surface area contributed by atoms with Gasteiger partial charge >= 0.3 is 6.03 Å². The van der Waals surface area contributed by atoms with Crippen molar-refractivity contribution in [1.29, 1.82) is 0 Å². The quantitative estimate of drug-likeness (QED) is 0.523. The fraction of sp³-hybridized carbons (Fsp3) is 0.320. The number of imide groups is 1. The van der Waals surface area contributed by atoms with Gasteiger partial charge in [-0.25, -0.2) is 4.79 Å². The number of anilines is 2.